The van der Waals surface area contributed by atoms with E-state index in [1.54, 1.807) is 0 Å². The second-order valence-electron chi connectivity index (χ2n) is 3.67. The highest BCUT2D eigenvalue weighted by atomic mass is 14.7. The van der Waals surface area contributed by atoms with E-state index in [-0.39, 0.29) is 0 Å². The number of aliphatic imine (C=N–C) groups is 1. The molecular weight excluding hydrogens is 134 g/mol. The van der Waals surface area contributed by atoms with Crippen molar-refractivity contribution in [3.63, 3.8) is 0 Å². The Labute approximate surface area is 68.2 Å². The van der Waals surface area contributed by atoms with Crippen LogP contribution in [0.3, 0.4) is 0 Å². The fourth-order valence-electron chi connectivity index (χ4n) is 2.08. The third kappa shape index (κ3) is 1.37. The zero-order chi connectivity index (χ0) is 7.57. The molecule has 2 aliphatic rings. The van der Waals surface area contributed by atoms with Gasteiger partial charge in [0.25, 0.3) is 0 Å². The van der Waals surface area contributed by atoms with Gasteiger partial charge in [-0.05, 0) is 32.1 Å². The molecule has 1 aliphatic heterocycles. The SMILES string of the molecule is C1=CC2(C=NCCC2)CCC1. The molecule has 1 heterocycles. The molecule has 1 nitrogen and oxygen atoms in total. The van der Waals surface area contributed by atoms with E-state index in [1.165, 1.54) is 32.1 Å². The summed E-state index contributed by atoms with van der Waals surface area (Å²) in [7, 11) is 0. The van der Waals surface area contributed by atoms with E-state index in [4.69, 9.17) is 0 Å². The van der Waals surface area contributed by atoms with Crippen molar-refractivity contribution in [3.05, 3.63) is 12.2 Å². The van der Waals surface area contributed by atoms with Crippen molar-refractivity contribution in [3.8, 4) is 0 Å². The molecular formula is C10H15N. The summed E-state index contributed by atoms with van der Waals surface area (Å²) in [5, 5.41) is 0. The summed E-state index contributed by atoms with van der Waals surface area (Å²) >= 11 is 0. The van der Waals surface area contributed by atoms with Crippen molar-refractivity contribution >= 4 is 6.21 Å². The molecule has 0 amide bonds. The smallest absolute Gasteiger partial charge is 0.0386 e. The van der Waals surface area contributed by atoms with Crippen LogP contribution in [-0.4, -0.2) is 12.8 Å². The zero-order valence-corrected chi connectivity index (χ0v) is 6.92. The number of hydrogen-bond acceptors (Lipinski definition) is 1. The van der Waals surface area contributed by atoms with Gasteiger partial charge in [-0.2, -0.15) is 0 Å². The third-order valence-electron chi connectivity index (χ3n) is 2.74. The molecule has 1 spiro atoms. The Morgan fingerprint density at radius 1 is 1.18 bits per heavy atom. The topological polar surface area (TPSA) is 12.4 Å². The summed E-state index contributed by atoms with van der Waals surface area (Å²) in [6, 6.07) is 0. The van der Waals surface area contributed by atoms with E-state index in [0.717, 1.165) is 6.54 Å². The predicted molar refractivity (Wildman–Crippen MR) is 48.0 cm³/mol. The van der Waals surface area contributed by atoms with Gasteiger partial charge in [0.15, 0.2) is 0 Å². The lowest BCUT2D eigenvalue weighted by atomic mass is 9.75. The van der Waals surface area contributed by atoms with Gasteiger partial charge >= 0.3 is 0 Å². The first-order valence-electron chi connectivity index (χ1n) is 4.60. The van der Waals surface area contributed by atoms with Crippen LogP contribution in [0.25, 0.3) is 0 Å². The lowest BCUT2D eigenvalue weighted by Crippen LogP contribution is -2.25. The predicted octanol–water partition coefficient (Wildman–Crippen LogP) is 2.58. The van der Waals surface area contributed by atoms with Gasteiger partial charge in [0.2, 0.25) is 0 Å². The third-order valence-corrected chi connectivity index (χ3v) is 2.74. The van der Waals surface area contributed by atoms with Crippen LogP contribution in [0.5, 0.6) is 0 Å². The second-order valence-corrected chi connectivity index (χ2v) is 3.67. The summed E-state index contributed by atoms with van der Waals surface area (Å²) in [6.45, 7) is 1.05. The molecule has 0 saturated heterocycles. The molecule has 0 aromatic carbocycles. The van der Waals surface area contributed by atoms with Crippen LogP contribution in [0.1, 0.15) is 32.1 Å². The zero-order valence-electron chi connectivity index (χ0n) is 6.92. The van der Waals surface area contributed by atoms with Gasteiger partial charge in [0.05, 0.1) is 0 Å². The molecule has 0 fully saturated rings. The normalized spacial score (nSPS) is 36.4. The molecule has 1 atom stereocenters. The molecule has 0 radical (unpaired) electrons. The minimum absolute atomic E-state index is 0.385. The Balaban J connectivity index is 2.18. The maximum atomic E-state index is 4.38. The Hall–Kier alpha value is -0.590. The molecule has 0 aromatic rings. The minimum atomic E-state index is 0.385. The van der Waals surface area contributed by atoms with Gasteiger partial charge in [-0.15, -0.1) is 0 Å². The highest BCUT2D eigenvalue weighted by Gasteiger charge is 2.27. The first kappa shape index (κ1) is 7.08. The van der Waals surface area contributed by atoms with Gasteiger partial charge in [-0.25, -0.2) is 0 Å². The number of allylic oxidation sites excluding steroid dienone is 2. The van der Waals surface area contributed by atoms with E-state index in [1.807, 2.05) is 0 Å². The first-order valence-corrected chi connectivity index (χ1v) is 4.60. The monoisotopic (exact) mass is 149 g/mol. The minimum Gasteiger partial charge on any atom is -0.297 e. The Kier molecular flexibility index (Phi) is 1.80. The Bertz CT molecular complexity index is 169. The second kappa shape index (κ2) is 2.80. The first-order chi connectivity index (χ1) is 5.41. The fourth-order valence-corrected chi connectivity index (χ4v) is 2.08. The molecule has 11 heavy (non-hydrogen) atoms. The highest BCUT2D eigenvalue weighted by Crippen LogP contribution is 2.35. The van der Waals surface area contributed by atoms with Gasteiger partial charge in [-0.1, -0.05) is 12.2 Å². The lowest BCUT2D eigenvalue weighted by molar-refractivity contribution is 0.403. The fraction of sp³-hybridized carbons (Fsp3) is 0.700. The largest absolute Gasteiger partial charge is 0.297 e. The van der Waals surface area contributed by atoms with Crippen LogP contribution in [-0.2, 0) is 0 Å². The Morgan fingerprint density at radius 2 is 2.09 bits per heavy atom. The summed E-state index contributed by atoms with van der Waals surface area (Å²) < 4.78 is 0. The molecule has 0 aromatic heterocycles. The lowest BCUT2D eigenvalue weighted by Gasteiger charge is -2.31. The molecule has 2 rings (SSSR count). The van der Waals surface area contributed by atoms with Gasteiger partial charge in [0.1, 0.15) is 0 Å². The van der Waals surface area contributed by atoms with Crippen molar-refractivity contribution in [1.82, 2.24) is 0 Å². The molecule has 0 saturated carbocycles. The van der Waals surface area contributed by atoms with Gasteiger partial charge < -0.3 is 0 Å². The summed E-state index contributed by atoms with van der Waals surface area (Å²) in [5.41, 5.74) is 0.385. The maximum absolute atomic E-state index is 4.38. The molecule has 1 unspecified atom stereocenters. The van der Waals surface area contributed by atoms with Crippen molar-refractivity contribution in [2.75, 3.05) is 6.54 Å². The van der Waals surface area contributed by atoms with Crippen LogP contribution in [0.4, 0.5) is 0 Å². The molecule has 1 heteroatoms. The van der Waals surface area contributed by atoms with E-state index >= 15 is 0 Å². The quantitative estimate of drug-likeness (QED) is 0.469. The molecule has 1 aliphatic carbocycles. The van der Waals surface area contributed by atoms with Gasteiger partial charge in [0, 0.05) is 18.2 Å². The number of hydrogen-bond donors (Lipinski definition) is 0. The van der Waals surface area contributed by atoms with E-state index in [9.17, 15) is 0 Å². The van der Waals surface area contributed by atoms with Crippen LogP contribution < -0.4 is 0 Å². The molecule has 0 bridgehead atoms. The van der Waals surface area contributed by atoms with Crippen LogP contribution in [0.2, 0.25) is 0 Å². The van der Waals surface area contributed by atoms with E-state index < -0.39 is 0 Å². The molecule has 60 valence electrons. The maximum Gasteiger partial charge on any atom is 0.0386 e. The van der Waals surface area contributed by atoms with E-state index in [2.05, 4.69) is 23.4 Å². The Morgan fingerprint density at radius 3 is 2.73 bits per heavy atom. The number of nitrogens with zero attached hydrogens (tertiary/aromatic N) is 1. The average Bonchev–Trinajstić information content (AvgIpc) is 2.07. The summed E-state index contributed by atoms with van der Waals surface area (Å²) in [4.78, 5) is 4.38. The standard InChI is InChI=1S/C10H15N/c1-2-5-10(6-3-1)7-4-8-11-9-10/h2,5,9H,1,3-4,6-8H2. The van der Waals surface area contributed by atoms with Crippen molar-refractivity contribution < 1.29 is 0 Å². The van der Waals surface area contributed by atoms with Crippen molar-refractivity contribution in [2.24, 2.45) is 10.4 Å². The van der Waals surface area contributed by atoms with Crippen LogP contribution in [0.15, 0.2) is 17.1 Å². The van der Waals surface area contributed by atoms with Crippen molar-refractivity contribution in [1.29, 1.82) is 0 Å². The van der Waals surface area contributed by atoms with Crippen LogP contribution >= 0.6 is 0 Å². The van der Waals surface area contributed by atoms with E-state index in [0.29, 0.717) is 5.41 Å². The molecule has 0 N–H and O–H groups in total. The number of rotatable bonds is 0. The summed E-state index contributed by atoms with van der Waals surface area (Å²) in [5.74, 6) is 0. The van der Waals surface area contributed by atoms with Crippen molar-refractivity contribution in [2.45, 2.75) is 32.1 Å². The average molecular weight is 149 g/mol. The van der Waals surface area contributed by atoms with Gasteiger partial charge in [-0.3, -0.25) is 4.99 Å². The van der Waals surface area contributed by atoms with Crippen LogP contribution in [0, 0.1) is 5.41 Å². The summed E-state index contributed by atoms with van der Waals surface area (Å²) in [6.07, 6.45) is 13.4. The highest BCUT2D eigenvalue weighted by molar-refractivity contribution is 5.69.